The van der Waals surface area contributed by atoms with Crippen LogP contribution in [0.1, 0.15) is 12.5 Å². The lowest BCUT2D eigenvalue weighted by Crippen LogP contribution is -2.23. The van der Waals surface area contributed by atoms with Crippen molar-refractivity contribution >= 4 is 38.7 Å². The van der Waals surface area contributed by atoms with Crippen molar-refractivity contribution in [2.24, 2.45) is 0 Å². The third-order valence-electron chi connectivity index (χ3n) is 3.95. The highest BCUT2D eigenvalue weighted by Crippen LogP contribution is 2.20. The Morgan fingerprint density at radius 3 is 2.71 bits per heavy atom. The van der Waals surface area contributed by atoms with Crippen molar-refractivity contribution in [2.75, 3.05) is 6.61 Å². The van der Waals surface area contributed by atoms with Crippen molar-refractivity contribution in [1.29, 1.82) is 0 Å². The van der Waals surface area contributed by atoms with Crippen LogP contribution >= 0.6 is 11.6 Å². The molecule has 2 aromatic carbocycles. The molecule has 3 aromatic rings. The van der Waals surface area contributed by atoms with Crippen LogP contribution in [0.4, 0.5) is 0 Å². The molecule has 10 heteroatoms. The van der Waals surface area contributed by atoms with Crippen molar-refractivity contribution in [3.8, 4) is 0 Å². The number of hydrogen-bond donors (Lipinski definition) is 1. The number of nitrogens with zero attached hydrogens (tertiary/aromatic N) is 1. The maximum Gasteiger partial charge on any atom is 0.420 e. The van der Waals surface area contributed by atoms with Gasteiger partial charge in [-0.2, -0.15) is 0 Å². The third-order valence-corrected chi connectivity index (χ3v) is 5.72. The highest BCUT2D eigenvalue weighted by Gasteiger charge is 2.19. The highest BCUT2D eigenvalue weighted by atomic mass is 35.5. The van der Waals surface area contributed by atoms with Crippen LogP contribution in [0.3, 0.4) is 0 Å². The summed E-state index contributed by atoms with van der Waals surface area (Å²) >= 11 is 6.04. The topological polar surface area (TPSA) is 108 Å². The minimum Gasteiger partial charge on any atom is -0.465 e. The van der Waals surface area contributed by atoms with Gasteiger partial charge in [-0.15, -0.1) is 0 Å². The molecule has 1 N–H and O–H groups in total. The summed E-state index contributed by atoms with van der Waals surface area (Å²) in [6, 6.07) is 10.8. The van der Waals surface area contributed by atoms with Gasteiger partial charge in [0.1, 0.15) is 6.54 Å². The van der Waals surface area contributed by atoms with Crippen LogP contribution in [0.15, 0.2) is 56.6 Å². The van der Waals surface area contributed by atoms with Gasteiger partial charge in [-0.1, -0.05) is 29.8 Å². The summed E-state index contributed by atoms with van der Waals surface area (Å²) in [6.45, 7) is 1.52. The largest absolute Gasteiger partial charge is 0.465 e. The molecule has 0 radical (unpaired) electrons. The smallest absolute Gasteiger partial charge is 0.420 e. The molecule has 0 fully saturated rings. The van der Waals surface area contributed by atoms with Crippen LogP contribution in [0.2, 0.25) is 5.02 Å². The van der Waals surface area contributed by atoms with Gasteiger partial charge in [0.2, 0.25) is 10.0 Å². The molecule has 1 aromatic heterocycles. The maximum absolute atomic E-state index is 12.6. The predicted octanol–water partition coefficient (Wildman–Crippen LogP) is 2.29. The van der Waals surface area contributed by atoms with Crippen molar-refractivity contribution < 1.29 is 22.4 Å². The number of carbonyl (C=O) groups excluding carboxylic acids is 1. The van der Waals surface area contributed by atoms with E-state index in [9.17, 15) is 18.0 Å². The van der Waals surface area contributed by atoms with Crippen LogP contribution < -0.4 is 10.5 Å². The lowest BCUT2D eigenvalue weighted by atomic mass is 10.2. The summed E-state index contributed by atoms with van der Waals surface area (Å²) in [5.74, 6) is -1.37. The van der Waals surface area contributed by atoms with Crippen LogP contribution in [0.25, 0.3) is 11.1 Å². The van der Waals surface area contributed by atoms with E-state index < -0.39 is 21.7 Å². The molecule has 0 atom stereocenters. The third kappa shape index (κ3) is 4.27. The number of hydrogen-bond acceptors (Lipinski definition) is 6. The quantitative estimate of drug-likeness (QED) is 0.583. The van der Waals surface area contributed by atoms with Crippen LogP contribution in [-0.4, -0.2) is 25.6 Å². The zero-order chi connectivity index (χ0) is 20.3. The predicted molar refractivity (Wildman–Crippen MR) is 103 cm³/mol. The van der Waals surface area contributed by atoms with Gasteiger partial charge in [0.25, 0.3) is 0 Å². The second-order valence-electron chi connectivity index (χ2n) is 5.80. The van der Waals surface area contributed by atoms with Gasteiger partial charge in [0.15, 0.2) is 5.58 Å². The summed E-state index contributed by atoms with van der Waals surface area (Å²) in [4.78, 5) is 23.6. The lowest BCUT2D eigenvalue weighted by Gasteiger charge is -2.08. The number of ether oxygens (including phenoxy) is 1. The Morgan fingerprint density at radius 2 is 2.00 bits per heavy atom. The van der Waals surface area contributed by atoms with E-state index >= 15 is 0 Å². The van der Waals surface area contributed by atoms with E-state index in [0.29, 0.717) is 16.1 Å². The second-order valence-corrected chi connectivity index (χ2v) is 7.98. The number of rotatable bonds is 7. The Kier molecular flexibility index (Phi) is 5.87. The minimum absolute atomic E-state index is 0.00780. The first-order valence-corrected chi connectivity index (χ1v) is 10.2. The van der Waals surface area contributed by atoms with Gasteiger partial charge < -0.3 is 9.15 Å². The molecule has 0 bridgehead atoms. The average Bonchev–Trinajstić information content (AvgIpc) is 2.96. The van der Waals surface area contributed by atoms with Crippen molar-refractivity contribution in [3.63, 3.8) is 0 Å². The second kappa shape index (κ2) is 8.17. The normalized spacial score (nSPS) is 11.6. The molecule has 0 aliphatic heterocycles. The van der Waals surface area contributed by atoms with E-state index in [-0.39, 0.29) is 30.2 Å². The van der Waals surface area contributed by atoms with E-state index in [1.165, 1.54) is 18.2 Å². The molecule has 1 heterocycles. The van der Waals surface area contributed by atoms with Gasteiger partial charge in [-0.05, 0) is 30.7 Å². The molecule has 0 amide bonds. The summed E-state index contributed by atoms with van der Waals surface area (Å²) in [7, 11) is -3.87. The molecule has 0 unspecified atom stereocenters. The highest BCUT2D eigenvalue weighted by molar-refractivity contribution is 7.89. The zero-order valence-corrected chi connectivity index (χ0v) is 16.4. The number of carbonyl (C=O) groups is 1. The Morgan fingerprint density at radius 1 is 1.25 bits per heavy atom. The van der Waals surface area contributed by atoms with E-state index in [1.54, 1.807) is 31.2 Å². The van der Waals surface area contributed by atoms with Crippen LogP contribution in [0.5, 0.6) is 0 Å². The van der Waals surface area contributed by atoms with Crippen molar-refractivity contribution in [1.82, 2.24) is 9.29 Å². The first kappa shape index (κ1) is 20.1. The fraction of sp³-hybridized carbons (Fsp3) is 0.222. The van der Waals surface area contributed by atoms with E-state index in [1.807, 2.05) is 0 Å². The van der Waals surface area contributed by atoms with Crippen LogP contribution in [-0.2, 0) is 32.6 Å². The van der Waals surface area contributed by atoms with E-state index in [2.05, 4.69) is 4.72 Å². The number of sulfonamides is 1. The number of esters is 1. The molecule has 0 aliphatic rings. The first-order valence-electron chi connectivity index (χ1n) is 8.34. The van der Waals surface area contributed by atoms with Gasteiger partial charge in [-0.3, -0.25) is 9.36 Å². The number of halogens is 1. The Hall–Kier alpha value is -2.62. The SMILES string of the molecule is CCOC(=O)Cn1c(=O)oc2cc(S(=O)(=O)NCc3ccccc3Cl)ccc21. The monoisotopic (exact) mass is 424 g/mol. The average molecular weight is 425 g/mol. The first-order chi connectivity index (χ1) is 13.3. The molecular weight excluding hydrogens is 408 g/mol. The zero-order valence-electron chi connectivity index (χ0n) is 14.8. The minimum atomic E-state index is -3.87. The maximum atomic E-state index is 12.6. The van der Waals surface area contributed by atoms with Gasteiger partial charge in [0.05, 0.1) is 17.0 Å². The Labute approximate surface area is 165 Å². The molecule has 0 saturated heterocycles. The molecule has 0 saturated carbocycles. The molecule has 0 aliphatic carbocycles. The summed E-state index contributed by atoms with van der Waals surface area (Å²) in [5.41, 5.74) is 0.971. The number of nitrogens with one attached hydrogen (secondary N) is 1. The molecule has 148 valence electrons. The Balaban J connectivity index is 1.86. The standard InChI is InChI=1S/C18H17ClN2O6S/c1-2-26-17(22)11-21-15-8-7-13(9-16(15)27-18(21)23)28(24,25)20-10-12-5-3-4-6-14(12)19/h3-9,20H,2,10-11H2,1H3. The number of oxazole rings is 1. The van der Waals surface area contributed by atoms with Crippen LogP contribution in [0, 0.1) is 0 Å². The van der Waals surface area contributed by atoms with Crippen molar-refractivity contribution in [2.45, 2.75) is 24.9 Å². The molecule has 0 spiro atoms. The lowest BCUT2D eigenvalue weighted by molar-refractivity contribution is -0.143. The molecule has 8 nitrogen and oxygen atoms in total. The molecule has 28 heavy (non-hydrogen) atoms. The summed E-state index contributed by atoms with van der Waals surface area (Å²) < 4.78 is 38.6. The number of fused-ring (bicyclic) bond motifs is 1. The summed E-state index contributed by atoms with van der Waals surface area (Å²) in [6.07, 6.45) is 0. The van der Waals surface area contributed by atoms with Gasteiger partial charge >= 0.3 is 11.7 Å². The van der Waals surface area contributed by atoms with E-state index in [0.717, 1.165) is 4.57 Å². The number of benzene rings is 2. The van der Waals surface area contributed by atoms with E-state index in [4.69, 9.17) is 20.8 Å². The molecule has 3 rings (SSSR count). The fourth-order valence-corrected chi connectivity index (χ4v) is 3.82. The van der Waals surface area contributed by atoms with Gasteiger partial charge in [0, 0.05) is 17.6 Å². The fourth-order valence-electron chi connectivity index (χ4n) is 2.60. The number of aromatic nitrogens is 1. The summed E-state index contributed by atoms with van der Waals surface area (Å²) in [5, 5.41) is 0.447. The Bertz CT molecular complexity index is 1180. The van der Waals surface area contributed by atoms with Gasteiger partial charge in [-0.25, -0.2) is 17.9 Å². The van der Waals surface area contributed by atoms with Crippen molar-refractivity contribution in [3.05, 3.63) is 63.6 Å². The molecular formula is C18H17ClN2O6S.